The number of carbonyl (C=O) groups excluding carboxylic acids is 3. The van der Waals surface area contributed by atoms with Crippen molar-refractivity contribution in [2.45, 2.75) is 36.9 Å². The van der Waals surface area contributed by atoms with E-state index in [0.717, 1.165) is 50.4 Å². The summed E-state index contributed by atoms with van der Waals surface area (Å²) < 4.78 is 5.37. The Labute approximate surface area is 243 Å². The number of ether oxygens (including phenoxy) is 1. The number of halogens is 2. The number of hydrogen-bond donors (Lipinski definition) is 2. The van der Waals surface area contributed by atoms with Crippen molar-refractivity contribution in [1.29, 1.82) is 0 Å². The molecule has 2 aromatic carbocycles. The molecule has 0 spiro atoms. The van der Waals surface area contributed by atoms with E-state index in [1.54, 1.807) is 18.2 Å². The van der Waals surface area contributed by atoms with Crippen LogP contribution in [0.4, 0.5) is 0 Å². The maximum Gasteiger partial charge on any atom is 0.239 e. The second-order valence-corrected chi connectivity index (χ2v) is 11.9. The monoisotopic (exact) mass is 592 g/mol. The van der Waals surface area contributed by atoms with Crippen LogP contribution in [0.25, 0.3) is 0 Å². The minimum Gasteiger partial charge on any atom is -0.379 e. The third kappa shape index (κ3) is 8.59. The molecule has 0 bridgehead atoms. The fourth-order valence-electron chi connectivity index (χ4n) is 4.66. The zero-order valence-corrected chi connectivity index (χ0v) is 24.3. The molecule has 0 radical (unpaired) electrons. The van der Waals surface area contributed by atoms with Gasteiger partial charge in [-0.1, -0.05) is 59.1 Å². The van der Waals surface area contributed by atoms with Crippen molar-refractivity contribution < 1.29 is 19.1 Å². The van der Waals surface area contributed by atoms with Gasteiger partial charge in [-0.2, -0.15) is 0 Å². The van der Waals surface area contributed by atoms with Crippen molar-refractivity contribution in [3.05, 3.63) is 69.2 Å². The number of carbonyl (C=O) groups is 3. The van der Waals surface area contributed by atoms with Crippen LogP contribution < -0.4 is 10.6 Å². The van der Waals surface area contributed by atoms with E-state index in [9.17, 15) is 14.4 Å². The number of amides is 3. The first-order valence-corrected chi connectivity index (χ1v) is 14.8. The van der Waals surface area contributed by atoms with E-state index in [1.165, 1.54) is 16.7 Å². The SMILES string of the molecule is Cc1cccc(CNC(=O)C[C@H]2S[C@H](c3ccc(Cl)cc3Cl)N(CC(=O)NCCCN3CCOCC3)C2=O)c1. The number of thioether (sulfide) groups is 1. The number of hydrogen-bond acceptors (Lipinski definition) is 6. The fraction of sp³-hybridized carbons (Fsp3) is 0.464. The number of rotatable bonds is 11. The summed E-state index contributed by atoms with van der Waals surface area (Å²) in [7, 11) is 0. The molecule has 3 amide bonds. The highest BCUT2D eigenvalue weighted by molar-refractivity contribution is 8.01. The first kappa shape index (κ1) is 29.7. The Morgan fingerprint density at radius 1 is 1.08 bits per heavy atom. The van der Waals surface area contributed by atoms with Gasteiger partial charge in [0, 0.05) is 48.2 Å². The molecule has 0 aromatic heterocycles. The number of benzene rings is 2. The van der Waals surface area contributed by atoms with Crippen molar-refractivity contribution >= 4 is 52.7 Å². The predicted octanol–water partition coefficient (Wildman–Crippen LogP) is 3.79. The van der Waals surface area contributed by atoms with Gasteiger partial charge in [0.2, 0.25) is 17.7 Å². The topological polar surface area (TPSA) is 91.0 Å². The molecule has 2 heterocycles. The molecule has 0 aliphatic carbocycles. The average Bonchev–Trinajstić information content (AvgIpc) is 3.20. The van der Waals surface area contributed by atoms with Crippen LogP contribution in [-0.4, -0.2) is 78.7 Å². The third-order valence-corrected chi connectivity index (χ3v) is 8.72. The summed E-state index contributed by atoms with van der Waals surface area (Å²) in [6.07, 6.45) is 0.819. The van der Waals surface area contributed by atoms with Crippen molar-refractivity contribution in [2.24, 2.45) is 0 Å². The summed E-state index contributed by atoms with van der Waals surface area (Å²) >= 11 is 13.9. The van der Waals surface area contributed by atoms with E-state index < -0.39 is 10.6 Å². The molecular formula is C28H34Cl2N4O4S. The highest BCUT2D eigenvalue weighted by atomic mass is 35.5. The second-order valence-electron chi connectivity index (χ2n) is 9.74. The Kier molecular flexibility index (Phi) is 10.9. The molecule has 0 unspecified atom stereocenters. The van der Waals surface area contributed by atoms with E-state index in [2.05, 4.69) is 15.5 Å². The summed E-state index contributed by atoms with van der Waals surface area (Å²) in [5.74, 6) is -0.728. The molecule has 2 atom stereocenters. The van der Waals surface area contributed by atoms with Crippen molar-refractivity contribution in [2.75, 3.05) is 45.9 Å². The second kappa shape index (κ2) is 14.4. The molecule has 210 valence electrons. The summed E-state index contributed by atoms with van der Waals surface area (Å²) in [4.78, 5) is 42.9. The van der Waals surface area contributed by atoms with E-state index >= 15 is 0 Å². The largest absolute Gasteiger partial charge is 0.379 e. The molecule has 2 saturated heterocycles. The third-order valence-electron chi connectivity index (χ3n) is 6.70. The smallest absolute Gasteiger partial charge is 0.239 e. The number of aryl methyl sites for hydroxylation is 1. The number of nitrogens with zero attached hydrogens (tertiary/aromatic N) is 2. The number of nitrogens with one attached hydrogen (secondary N) is 2. The summed E-state index contributed by atoms with van der Waals surface area (Å²) in [5, 5.41) is 5.59. The van der Waals surface area contributed by atoms with Gasteiger partial charge in [0.05, 0.1) is 18.5 Å². The van der Waals surface area contributed by atoms with Gasteiger partial charge in [-0.25, -0.2) is 0 Å². The maximum absolute atomic E-state index is 13.5. The van der Waals surface area contributed by atoms with Crippen LogP contribution in [0.15, 0.2) is 42.5 Å². The number of morpholine rings is 1. The molecule has 11 heteroatoms. The molecule has 39 heavy (non-hydrogen) atoms. The summed E-state index contributed by atoms with van der Waals surface area (Å²) in [6, 6.07) is 13.0. The van der Waals surface area contributed by atoms with Gasteiger partial charge in [0.15, 0.2) is 0 Å². The van der Waals surface area contributed by atoms with Gasteiger partial charge in [0.25, 0.3) is 0 Å². The Morgan fingerprint density at radius 2 is 1.87 bits per heavy atom. The Hall–Kier alpha value is -2.30. The fourth-order valence-corrected chi connectivity index (χ4v) is 6.72. The zero-order valence-electron chi connectivity index (χ0n) is 22.0. The van der Waals surface area contributed by atoms with Crippen LogP contribution in [-0.2, 0) is 25.7 Å². The molecule has 0 saturated carbocycles. The van der Waals surface area contributed by atoms with E-state index in [1.807, 2.05) is 31.2 Å². The minimum absolute atomic E-state index is 0.00862. The first-order chi connectivity index (χ1) is 18.8. The Bertz CT molecular complexity index is 1180. The van der Waals surface area contributed by atoms with Crippen LogP contribution in [0.1, 0.15) is 34.9 Å². The van der Waals surface area contributed by atoms with Crippen molar-refractivity contribution in [3.63, 3.8) is 0 Å². The quantitative estimate of drug-likeness (QED) is 0.386. The van der Waals surface area contributed by atoms with Crippen LogP contribution in [0.5, 0.6) is 0 Å². The Morgan fingerprint density at radius 3 is 2.62 bits per heavy atom. The molecule has 2 aliphatic rings. The summed E-state index contributed by atoms with van der Waals surface area (Å²) in [6.45, 7) is 6.93. The molecule has 2 N–H and O–H groups in total. The van der Waals surface area contributed by atoms with Gasteiger partial charge in [-0.3, -0.25) is 19.3 Å². The molecular weight excluding hydrogens is 559 g/mol. The van der Waals surface area contributed by atoms with Gasteiger partial charge >= 0.3 is 0 Å². The lowest BCUT2D eigenvalue weighted by atomic mass is 10.1. The van der Waals surface area contributed by atoms with Crippen LogP contribution in [0, 0.1) is 6.92 Å². The van der Waals surface area contributed by atoms with Gasteiger partial charge in [-0.05, 0) is 37.6 Å². The zero-order chi connectivity index (χ0) is 27.8. The van der Waals surface area contributed by atoms with E-state index in [-0.39, 0.29) is 30.7 Å². The van der Waals surface area contributed by atoms with E-state index in [0.29, 0.717) is 28.7 Å². The minimum atomic E-state index is -0.631. The van der Waals surface area contributed by atoms with Crippen LogP contribution in [0.2, 0.25) is 10.0 Å². The standard InChI is InChI=1S/C28H34Cl2N4O4S/c1-19-4-2-5-20(14-19)17-32-25(35)16-24-27(37)34(28(39-24)22-7-6-21(29)15-23(22)30)18-26(36)31-8-3-9-33-10-12-38-13-11-33/h2,4-7,14-15,24,28H,3,8-13,16-18H2,1H3,(H,31,36)(H,32,35)/t24-,28-/m1/s1. The molecule has 2 fully saturated rings. The van der Waals surface area contributed by atoms with Gasteiger partial charge in [0.1, 0.15) is 11.9 Å². The molecule has 4 rings (SSSR count). The maximum atomic E-state index is 13.5. The molecule has 8 nitrogen and oxygen atoms in total. The van der Waals surface area contributed by atoms with Gasteiger partial charge in [-0.15, -0.1) is 11.8 Å². The first-order valence-electron chi connectivity index (χ1n) is 13.1. The summed E-state index contributed by atoms with van der Waals surface area (Å²) in [5.41, 5.74) is 2.79. The molecule has 2 aromatic rings. The normalized spacial score (nSPS) is 19.8. The van der Waals surface area contributed by atoms with Crippen molar-refractivity contribution in [1.82, 2.24) is 20.4 Å². The lowest BCUT2D eigenvalue weighted by molar-refractivity contribution is -0.136. The predicted molar refractivity (Wildman–Crippen MR) is 155 cm³/mol. The lowest BCUT2D eigenvalue weighted by Gasteiger charge is -2.26. The highest BCUT2D eigenvalue weighted by Gasteiger charge is 2.43. The molecule has 2 aliphatic heterocycles. The van der Waals surface area contributed by atoms with E-state index in [4.69, 9.17) is 27.9 Å². The van der Waals surface area contributed by atoms with Crippen LogP contribution in [0.3, 0.4) is 0 Å². The Balaban J connectivity index is 1.36. The van der Waals surface area contributed by atoms with Gasteiger partial charge < -0.3 is 20.3 Å². The average molecular weight is 594 g/mol. The highest BCUT2D eigenvalue weighted by Crippen LogP contribution is 2.46. The lowest BCUT2D eigenvalue weighted by Crippen LogP contribution is -2.42. The van der Waals surface area contributed by atoms with Crippen LogP contribution >= 0.6 is 35.0 Å². The van der Waals surface area contributed by atoms with Crippen molar-refractivity contribution in [3.8, 4) is 0 Å².